The number of phenols is 1. The summed E-state index contributed by atoms with van der Waals surface area (Å²) in [7, 11) is 1.57. The van der Waals surface area contributed by atoms with Crippen LogP contribution in [0.5, 0.6) is 11.5 Å². The molecule has 1 aromatic rings. The minimum absolute atomic E-state index is 0.0918. The summed E-state index contributed by atoms with van der Waals surface area (Å²) in [5.41, 5.74) is 6.80. The normalized spacial score (nSPS) is 17.5. The number of hydrogen-bond acceptors (Lipinski definition) is 3. The van der Waals surface area contributed by atoms with Crippen molar-refractivity contribution >= 4 is 15.9 Å². The molecule has 0 radical (unpaired) electrons. The summed E-state index contributed by atoms with van der Waals surface area (Å²) in [6, 6.07) is 3.49. The summed E-state index contributed by atoms with van der Waals surface area (Å²) in [5.74, 6) is 0.893. The molecule has 2 rings (SSSR count). The van der Waals surface area contributed by atoms with E-state index in [2.05, 4.69) is 15.9 Å². The standard InChI is InChI=1S/C11H14BrNO2/c1-15-10-5-9(14)7(4-8(10)12)6-11(13)2-3-11/h4-5,14H,2-3,6,13H2,1H3. The summed E-state index contributed by atoms with van der Waals surface area (Å²) >= 11 is 3.39. The second-order valence-electron chi connectivity index (χ2n) is 4.15. The smallest absolute Gasteiger partial charge is 0.136 e. The number of methoxy groups -OCH3 is 1. The van der Waals surface area contributed by atoms with E-state index >= 15 is 0 Å². The molecule has 3 N–H and O–H groups in total. The van der Waals surface area contributed by atoms with Gasteiger partial charge in [0.1, 0.15) is 11.5 Å². The van der Waals surface area contributed by atoms with E-state index in [1.165, 1.54) is 0 Å². The fraction of sp³-hybridized carbons (Fsp3) is 0.455. The van der Waals surface area contributed by atoms with Crippen LogP contribution in [0.25, 0.3) is 0 Å². The van der Waals surface area contributed by atoms with Crippen LogP contribution in [0.3, 0.4) is 0 Å². The number of aromatic hydroxyl groups is 1. The molecule has 0 saturated heterocycles. The van der Waals surface area contributed by atoms with Gasteiger partial charge in [-0.25, -0.2) is 0 Å². The van der Waals surface area contributed by atoms with Gasteiger partial charge < -0.3 is 15.6 Å². The minimum atomic E-state index is -0.0918. The molecule has 1 fully saturated rings. The molecular weight excluding hydrogens is 258 g/mol. The molecular formula is C11H14BrNO2. The van der Waals surface area contributed by atoms with Crippen LogP contribution in [-0.2, 0) is 6.42 Å². The van der Waals surface area contributed by atoms with Crippen molar-refractivity contribution < 1.29 is 9.84 Å². The fourth-order valence-corrected chi connectivity index (χ4v) is 2.15. The third kappa shape index (κ3) is 2.26. The summed E-state index contributed by atoms with van der Waals surface area (Å²) < 4.78 is 5.94. The van der Waals surface area contributed by atoms with Crippen LogP contribution in [0.15, 0.2) is 16.6 Å². The first-order valence-electron chi connectivity index (χ1n) is 4.88. The van der Waals surface area contributed by atoms with E-state index in [0.29, 0.717) is 5.75 Å². The lowest BCUT2D eigenvalue weighted by Crippen LogP contribution is -2.24. The molecule has 0 aromatic heterocycles. The predicted molar refractivity (Wildman–Crippen MR) is 62.2 cm³/mol. The first-order chi connectivity index (χ1) is 7.04. The van der Waals surface area contributed by atoms with Crippen LogP contribution >= 0.6 is 15.9 Å². The molecule has 0 unspecified atom stereocenters. The Morgan fingerprint density at radius 2 is 2.20 bits per heavy atom. The van der Waals surface area contributed by atoms with Crippen molar-refractivity contribution in [3.05, 3.63) is 22.2 Å². The molecule has 1 aromatic carbocycles. The van der Waals surface area contributed by atoms with Gasteiger partial charge in [-0.2, -0.15) is 0 Å². The average molecular weight is 272 g/mol. The van der Waals surface area contributed by atoms with Gasteiger partial charge in [-0.1, -0.05) is 0 Å². The molecule has 1 aliphatic carbocycles. The van der Waals surface area contributed by atoms with Gasteiger partial charge in [-0.3, -0.25) is 0 Å². The largest absolute Gasteiger partial charge is 0.508 e. The maximum atomic E-state index is 9.78. The number of phenolic OH excluding ortho intramolecular Hbond substituents is 1. The van der Waals surface area contributed by atoms with E-state index in [9.17, 15) is 5.11 Å². The highest BCUT2D eigenvalue weighted by Gasteiger charge is 2.38. The number of nitrogens with two attached hydrogens (primary N) is 1. The average Bonchev–Trinajstić information content (AvgIpc) is 2.89. The zero-order chi connectivity index (χ0) is 11.1. The first kappa shape index (κ1) is 10.8. The van der Waals surface area contributed by atoms with Crippen molar-refractivity contribution in [3.63, 3.8) is 0 Å². The van der Waals surface area contributed by atoms with E-state index in [-0.39, 0.29) is 11.3 Å². The molecule has 0 heterocycles. The Morgan fingerprint density at radius 1 is 1.53 bits per heavy atom. The summed E-state index contributed by atoms with van der Waals surface area (Å²) in [6.07, 6.45) is 2.80. The van der Waals surface area contributed by atoms with Gasteiger partial charge in [0, 0.05) is 11.6 Å². The summed E-state index contributed by atoms with van der Waals surface area (Å²) in [5, 5.41) is 9.78. The number of hydrogen-bond donors (Lipinski definition) is 2. The van der Waals surface area contributed by atoms with Crippen molar-refractivity contribution in [2.45, 2.75) is 24.8 Å². The fourth-order valence-electron chi connectivity index (χ4n) is 1.60. The second kappa shape index (κ2) is 3.68. The van der Waals surface area contributed by atoms with Gasteiger partial charge in [0.25, 0.3) is 0 Å². The van der Waals surface area contributed by atoms with Crippen LogP contribution in [0.2, 0.25) is 0 Å². The quantitative estimate of drug-likeness (QED) is 0.886. The molecule has 3 nitrogen and oxygen atoms in total. The number of halogens is 1. The Kier molecular flexibility index (Phi) is 2.64. The second-order valence-corrected chi connectivity index (χ2v) is 5.01. The van der Waals surface area contributed by atoms with E-state index in [4.69, 9.17) is 10.5 Å². The molecule has 0 aliphatic heterocycles. The van der Waals surface area contributed by atoms with Crippen LogP contribution in [-0.4, -0.2) is 17.8 Å². The van der Waals surface area contributed by atoms with E-state index < -0.39 is 0 Å². The molecule has 4 heteroatoms. The van der Waals surface area contributed by atoms with Gasteiger partial charge in [0.05, 0.1) is 11.6 Å². The van der Waals surface area contributed by atoms with Gasteiger partial charge >= 0.3 is 0 Å². The van der Waals surface area contributed by atoms with Crippen molar-refractivity contribution in [2.24, 2.45) is 5.73 Å². The summed E-state index contributed by atoms with van der Waals surface area (Å²) in [6.45, 7) is 0. The maximum Gasteiger partial charge on any atom is 0.136 e. The highest BCUT2D eigenvalue weighted by molar-refractivity contribution is 9.10. The first-order valence-corrected chi connectivity index (χ1v) is 5.68. The van der Waals surface area contributed by atoms with Crippen LogP contribution in [0.1, 0.15) is 18.4 Å². The number of ether oxygens (including phenoxy) is 1. The van der Waals surface area contributed by atoms with Crippen molar-refractivity contribution in [2.75, 3.05) is 7.11 Å². The third-order valence-electron chi connectivity index (χ3n) is 2.79. The lowest BCUT2D eigenvalue weighted by molar-refractivity contribution is 0.403. The van der Waals surface area contributed by atoms with Gasteiger partial charge in [-0.15, -0.1) is 0 Å². The lowest BCUT2D eigenvalue weighted by Gasteiger charge is -2.12. The van der Waals surface area contributed by atoms with E-state index in [1.54, 1.807) is 13.2 Å². The minimum Gasteiger partial charge on any atom is -0.508 e. The molecule has 82 valence electrons. The predicted octanol–water partition coefficient (Wildman–Crippen LogP) is 2.20. The Bertz CT molecular complexity index is 388. The Labute approximate surface area is 97.4 Å². The zero-order valence-corrected chi connectivity index (χ0v) is 10.2. The molecule has 0 spiro atoms. The van der Waals surface area contributed by atoms with Crippen molar-refractivity contribution in [3.8, 4) is 11.5 Å². The topological polar surface area (TPSA) is 55.5 Å². The number of benzene rings is 1. The van der Waals surface area contributed by atoms with Gasteiger partial charge in [0.15, 0.2) is 0 Å². The zero-order valence-electron chi connectivity index (χ0n) is 8.59. The SMILES string of the molecule is COc1cc(O)c(CC2(N)CC2)cc1Br. The number of rotatable bonds is 3. The van der Waals surface area contributed by atoms with Crippen LogP contribution in [0.4, 0.5) is 0 Å². The molecule has 1 saturated carbocycles. The van der Waals surface area contributed by atoms with Crippen LogP contribution in [0, 0.1) is 0 Å². The molecule has 1 aliphatic rings. The Balaban J connectivity index is 2.28. The van der Waals surface area contributed by atoms with E-state index in [1.807, 2.05) is 6.07 Å². The molecule has 0 amide bonds. The van der Waals surface area contributed by atoms with Gasteiger partial charge in [-0.05, 0) is 46.8 Å². The van der Waals surface area contributed by atoms with Gasteiger partial charge in [0.2, 0.25) is 0 Å². The third-order valence-corrected chi connectivity index (χ3v) is 3.41. The summed E-state index contributed by atoms with van der Waals surface area (Å²) in [4.78, 5) is 0. The van der Waals surface area contributed by atoms with Crippen molar-refractivity contribution in [1.29, 1.82) is 0 Å². The highest BCUT2D eigenvalue weighted by atomic mass is 79.9. The maximum absolute atomic E-state index is 9.78. The van der Waals surface area contributed by atoms with E-state index in [0.717, 1.165) is 29.3 Å². The monoisotopic (exact) mass is 271 g/mol. The molecule has 0 atom stereocenters. The van der Waals surface area contributed by atoms with Crippen molar-refractivity contribution in [1.82, 2.24) is 0 Å². The molecule has 0 bridgehead atoms. The lowest BCUT2D eigenvalue weighted by atomic mass is 10.0. The Morgan fingerprint density at radius 3 is 2.73 bits per heavy atom. The molecule has 15 heavy (non-hydrogen) atoms. The van der Waals surface area contributed by atoms with Crippen LogP contribution < -0.4 is 10.5 Å². The Hall–Kier alpha value is -0.740. The highest BCUT2D eigenvalue weighted by Crippen LogP contribution is 2.40.